The molecule has 0 radical (unpaired) electrons. The molecular weight excluding hydrogens is 299 g/mol. The molecule has 23 heavy (non-hydrogen) atoms. The summed E-state index contributed by atoms with van der Waals surface area (Å²) < 4.78 is 13.8. The minimum Gasteiger partial charge on any atom is -0.481 e. The molecule has 0 saturated carbocycles. The zero-order valence-electron chi connectivity index (χ0n) is 12.7. The number of nitrogens with zero attached hydrogens (tertiary/aromatic N) is 1. The number of likely N-dealkylation sites (tertiary alicyclic amines) is 1. The first-order valence-corrected chi connectivity index (χ1v) is 7.86. The van der Waals surface area contributed by atoms with E-state index in [-0.39, 0.29) is 24.2 Å². The zero-order valence-corrected chi connectivity index (χ0v) is 12.7. The number of carbonyl (C=O) groups excluding carboxylic acids is 1. The summed E-state index contributed by atoms with van der Waals surface area (Å²) in [5, 5.41) is 9.26. The number of aliphatic carboxylic acids is 1. The van der Waals surface area contributed by atoms with Crippen LogP contribution < -0.4 is 0 Å². The van der Waals surface area contributed by atoms with Gasteiger partial charge in [0.1, 0.15) is 11.5 Å². The van der Waals surface area contributed by atoms with Crippen LogP contribution in [0.5, 0.6) is 0 Å². The normalized spacial score (nSPS) is 18.3. The number of halogens is 1. The number of hydrogen-bond acceptors (Lipinski definition) is 2. The van der Waals surface area contributed by atoms with Gasteiger partial charge in [-0.05, 0) is 43.9 Å². The maximum absolute atomic E-state index is 13.8. The predicted molar refractivity (Wildman–Crippen MR) is 83.8 cm³/mol. The highest BCUT2D eigenvalue weighted by atomic mass is 19.1. The first-order valence-electron chi connectivity index (χ1n) is 7.86. The predicted octanol–water partition coefficient (Wildman–Crippen LogP) is 3.17. The topological polar surface area (TPSA) is 73.4 Å². The molecule has 1 aliphatic rings. The molecule has 1 fully saturated rings. The lowest BCUT2D eigenvalue weighted by atomic mass is 9.97. The van der Waals surface area contributed by atoms with E-state index in [0.717, 1.165) is 19.3 Å². The molecule has 3 rings (SSSR count). The molecule has 1 amide bonds. The van der Waals surface area contributed by atoms with Gasteiger partial charge in [-0.2, -0.15) is 0 Å². The number of hydrogen-bond donors (Lipinski definition) is 2. The second kappa shape index (κ2) is 6.40. The molecule has 0 aliphatic carbocycles. The standard InChI is InChI=1S/C17H19FN2O3/c18-13-5-3-6-14-12(13)10-15(19-14)17(23)20-9-2-1-4-11(20)7-8-16(21)22/h3,5-6,10-11,19H,1-2,4,7-9H2,(H,21,22)/t11-/m1/s1. The van der Waals surface area contributed by atoms with Crippen molar-refractivity contribution in [2.24, 2.45) is 0 Å². The monoisotopic (exact) mass is 318 g/mol. The minimum atomic E-state index is -0.851. The van der Waals surface area contributed by atoms with Crippen LogP contribution in [0.3, 0.4) is 0 Å². The SMILES string of the molecule is O=C(O)CC[C@H]1CCCCN1C(=O)c1cc2c(F)cccc2[nH]1. The van der Waals surface area contributed by atoms with Crippen LogP contribution in [0.4, 0.5) is 4.39 Å². The van der Waals surface area contributed by atoms with Gasteiger partial charge < -0.3 is 15.0 Å². The lowest BCUT2D eigenvalue weighted by molar-refractivity contribution is -0.137. The summed E-state index contributed by atoms with van der Waals surface area (Å²) in [6, 6.07) is 6.16. The number of rotatable bonds is 4. The number of fused-ring (bicyclic) bond motifs is 1. The number of aromatic nitrogens is 1. The summed E-state index contributed by atoms with van der Waals surface area (Å²) in [6.07, 6.45) is 3.22. The molecule has 0 spiro atoms. The number of carbonyl (C=O) groups is 2. The van der Waals surface area contributed by atoms with Gasteiger partial charge in [-0.1, -0.05) is 6.07 Å². The van der Waals surface area contributed by atoms with E-state index < -0.39 is 5.97 Å². The fraction of sp³-hybridized carbons (Fsp3) is 0.412. The van der Waals surface area contributed by atoms with Crippen LogP contribution in [0.1, 0.15) is 42.6 Å². The van der Waals surface area contributed by atoms with Crippen LogP contribution in [0.2, 0.25) is 0 Å². The Morgan fingerprint density at radius 2 is 2.17 bits per heavy atom. The fourth-order valence-electron chi connectivity index (χ4n) is 3.25. The lowest BCUT2D eigenvalue weighted by Crippen LogP contribution is -2.44. The van der Waals surface area contributed by atoms with E-state index in [2.05, 4.69) is 4.98 Å². The molecule has 122 valence electrons. The Morgan fingerprint density at radius 3 is 2.91 bits per heavy atom. The first kappa shape index (κ1) is 15.5. The quantitative estimate of drug-likeness (QED) is 0.909. The van der Waals surface area contributed by atoms with Gasteiger partial charge in [0.2, 0.25) is 0 Å². The molecule has 0 bridgehead atoms. The third-order valence-corrected chi connectivity index (χ3v) is 4.42. The van der Waals surface area contributed by atoms with Crippen LogP contribution in [-0.2, 0) is 4.79 Å². The third kappa shape index (κ3) is 3.21. The van der Waals surface area contributed by atoms with E-state index in [0.29, 0.717) is 29.6 Å². The second-order valence-corrected chi connectivity index (χ2v) is 5.96. The highest BCUT2D eigenvalue weighted by Crippen LogP contribution is 2.25. The number of piperidine rings is 1. The van der Waals surface area contributed by atoms with Crippen molar-refractivity contribution in [2.75, 3.05) is 6.54 Å². The van der Waals surface area contributed by atoms with Gasteiger partial charge in [-0.15, -0.1) is 0 Å². The van der Waals surface area contributed by atoms with Crippen molar-refractivity contribution in [3.8, 4) is 0 Å². The average Bonchev–Trinajstić information content (AvgIpc) is 2.98. The first-order chi connectivity index (χ1) is 11.1. The fourth-order valence-corrected chi connectivity index (χ4v) is 3.25. The van der Waals surface area contributed by atoms with Crippen LogP contribution in [-0.4, -0.2) is 39.5 Å². The van der Waals surface area contributed by atoms with Crippen molar-refractivity contribution in [1.82, 2.24) is 9.88 Å². The number of amides is 1. The molecule has 1 aromatic heterocycles. The third-order valence-electron chi connectivity index (χ3n) is 4.42. The Labute approximate surface area is 133 Å². The van der Waals surface area contributed by atoms with E-state index in [9.17, 15) is 14.0 Å². The van der Waals surface area contributed by atoms with E-state index >= 15 is 0 Å². The van der Waals surface area contributed by atoms with Crippen molar-refractivity contribution < 1.29 is 19.1 Å². The summed E-state index contributed by atoms with van der Waals surface area (Å²) in [5.41, 5.74) is 0.944. The molecule has 5 nitrogen and oxygen atoms in total. The molecule has 1 saturated heterocycles. The van der Waals surface area contributed by atoms with Crippen molar-refractivity contribution in [1.29, 1.82) is 0 Å². The van der Waals surface area contributed by atoms with E-state index in [1.807, 2.05) is 0 Å². The maximum Gasteiger partial charge on any atom is 0.303 e. The summed E-state index contributed by atoms with van der Waals surface area (Å²) >= 11 is 0. The van der Waals surface area contributed by atoms with E-state index in [4.69, 9.17) is 5.11 Å². The summed E-state index contributed by atoms with van der Waals surface area (Å²) in [7, 11) is 0. The smallest absolute Gasteiger partial charge is 0.303 e. The molecule has 1 aromatic carbocycles. The highest BCUT2D eigenvalue weighted by Gasteiger charge is 2.28. The Bertz CT molecular complexity index is 741. The summed E-state index contributed by atoms with van der Waals surface area (Å²) in [4.78, 5) is 28.3. The molecule has 1 aliphatic heterocycles. The van der Waals surface area contributed by atoms with Crippen molar-refractivity contribution in [2.45, 2.75) is 38.1 Å². The Kier molecular flexibility index (Phi) is 4.32. The van der Waals surface area contributed by atoms with Gasteiger partial charge in [-0.3, -0.25) is 9.59 Å². The highest BCUT2D eigenvalue weighted by molar-refractivity contribution is 5.98. The number of nitrogens with one attached hydrogen (secondary N) is 1. The van der Waals surface area contributed by atoms with Crippen molar-refractivity contribution in [3.63, 3.8) is 0 Å². The van der Waals surface area contributed by atoms with Crippen molar-refractivity contribution >= 4 is 22.8 Å². The maximum atomic E-state index is 13.8. The van der Waals surface area contributed by atoms with E-state index in [1.54, 1.807) is 17.0 Å². The van der Waals surface area contributed by atoms with E-state index in [1.165, 1.54) is 12.1 Å². The molecule has 6 heteroatoms. The van der Waals surface area contributed by atoms with Gasteiger partial charge in [0.05, 0.1) is 0 Å². The number of benzene rings is 1. The largest absolute Gasteiger partial charge is 0.481 e. The summed E-state index contributed by atoms with van der Waals surface area (Å²) in [5.74, 6) is -1.40. The Balaban J connectivity index is 1.83. The van der Waals surface area contributed by atoms with Crippen LogP contribution in [0.25, 0.3) is 10.9 Å². The molecule has 1 atom stereocenters. The number of aromatic amines is 1. The molecular formula is C17H19FN2O3. The van der Waals surface area contributed by atoms with Crippen molar-refractivity contribution in [3.05, 3.63) is 35.8 Å². The molecule has 2 N–H and O–H groups in total. The van der Waals surface area contributed by atoms with Gasteiger partial charge >= 0.3 is 5.97 Å². The molecule has 2 aromatic rings. The summed E-state index contributed by atoms with van der Waals surface area (Å²) in [6.45, 7) is 0.612. The number of carboxylic acid groups (broad SMARTS) is 1. The van der Waals surface area contributed by atoms with Crippen LogP contribution in [0, 0.1) is 5.82 Å². The second-order valence-electron chi connectivity index (χ2n) is 5.96. The lowest BCUT2D eigenvalue weighted by Gasteiger charge is -2.35. The molecule has 0 unspecified atom stereocenters. The van der Waals surface area contributed by atoms with Gasteiger partial charge in [0.25, 0.3) is 5.91 Å². The molecule has 2 heterocycles. The average molecular weight is 318 g/mol. The van der Waals surface area contributed by atoms with Gasteiger partial charge in [-0.25, -0.2) is 4.39 Å². The minimum absolute atomic E-state index is 0.0514. The Hall–Kier alpha value is -2.37. The Morgan fingerprint density at radius 1 is 1.35 bits per heavy atom. The van der Waals surface area contributed by atoms with Crippen LogP contribution >= 0.6 is 0 Å². The number of H-pyrrole nitrogens is 1. The van der Waals surface area contributed by atoms with Crippen LogP contribution in [0.15, 0.2) is 24.3 Å². The number of carboxylic acids is 1. The zero-order chi connectivity index (χ0) is 16.4. The van der Waals surface area contributed by atoms with Gasteiger partial charge in [0, 0.05) is 29.9 Å². The van der Waals surface area contributed by atoms with Gasteiger partial charge in [0.15, 0.2) is 0 Å².